The number of hydrogen-bond donors (Lipinski definition) is 2. The van der Waals surface area contributed by atoms with Crippen molar-refractivity contribution in [2.24, 2.45) is 5.73 Å². The molecular formula is C13H14N4O. The minimum Gasteiger partial charge on any atom is -0.364 e. The van der Waals surface area contributed by atoms with Gasteiger partial charge >= 0.3 is 0 Å². The number of pyridine rings is 2. The van der Waals surface area contributed by atoms with Crippen molar-refractivity contribution in [2.75, 3.05) is 5.32 Å². The van der Waals surface area contributed by atoms with E-state index in [0.717, 1.165) is 12.1 Å². The van der Waals surface area contributed by atoms with Crippen LogP contribution in [-0.4, -0.2) is 15.9 Å². The Morgan fingerprint density at radius 1 is 1.33 bits per heavy atom. The van der Waals surface area contributed by atoms with Crippen LogP contribution in [0.5, 0.6) is 0 Å². The summed E-state index contributed by atoms with van der Waals surface area (Å²) in [5, 5.41) is 3.05. The maximum atomic E-state index is 11.2. The Bertz CT molecular complexity index is 568. The van der Waals surface area contributed by atoms with Crippen LogP contribution in [0.3, 0.4) is 0 Å². The summed E-state index contributed by atoms with van der Waals surface area (Å²) in [6.07, 6.45) is 2.38. The first-order valence-corrected chi connectivity index (χ1v) is 5.68. The fraction of sp³-hybridized carbons (Fsp3) is 0.154. The molecule has 2 rings (SSSR count). The number of anilines is 2. The summed E-state index contributed by atoms with van der Waals surface area (Å²) in [6.45, 7) is 2.03. The lowest BCUT2D eigenvalue weighted by Crippen LogP contribution is -2.15. The number of carbonyl (C=O) groups excluding carboxylic acids is 1. The summed E-state index contributed by atoms with van der Waals surface area (Å²) < 4.78 is 0. The van der Waals surface area contributed by atoms with Crippen LogP contribution in [0.2, 0.25) is 0 Å². The van der Waals surface area contributed by atoms with Crippen LogP contribution in [0.15, 0.2) is 36.5 Å². The number of primary amides is 1. The van der Waals surface area contributed by atoms with Gasteiger partial charge in [-0.05, 0) is 30.7 Å². The zero-order chi connectivity index (χ0) is 13.0. The Morgan fingerprint density at radius 3 is 2.89 bits per heavy atom. The minimum absolute atomic E-state index is 0.209. The number of rotatable bonds is 4. The number of nitrogens with two attached hydrogens (primary N) is 1. The molecule has 18 heavy (non-hydrogen) atoms. The van der Waals surface area contributed by atoms with Crippen molar-refractivity contribution in [3.63, 3.8) is 0 Å². The highest BCUT2D eigenvalue weighted by Crippen LogP contribution is 2.17. The third kappa shape index (κ3) is 2.63. The predicted molar refractivity (Wildman–Crippen MR) is 69.7 cm³/mol. The fourth-order valence-corrected chi connectivity index (χ4v) is 1.59. The molecule has 2 aromatic heterocycles. The number of hydrogen-bond acceptors (Lipinski definition) is 4. The molecule has 0 unspecified atom stereocenters. The summed E-state index contributed by atoms with van der Waals surface area (Å²) in [7, 11) is 0. The molecule has 0 atom stereocenters. The number of aromatic nitrogens is 2. The van der Waals surface area contributed by atoms with Crippen molar-refractivity contribution >= 4 is 17.4 Å². The molecule has 0 aromatic carbocycles. The van der Waals surface area contributed by atoms with Gasteiger partial charge in [-0.2, -0.15) is 0 Å². The Labute approximate surface area is 105 Å². The second-order valence-electron chi connectivity index (χ2n) is 3.76. The van der Waals surface area contributed by atoms with Crippen molar-refractivity contribution in [3.8, 4) is 0 Å². The summed E-state index contributed by atoms with van der Waals surface area (Å²) in [6, 6.07) is 9.17. The van der Waals surface area contributed by atoms with Crippen LogP contribution in [0.1, 0.15) is 23.1 Å². The van der Waals surface area contributed by atoms with Gasteiger partial charge in [0.2, 0.25) is 0 Å². The predicted octanol–water partition coefficient (Wildman–Crippen LogP) is 1.88. The van der Waals surface area contributed by atoms with Crippen molar-refractivity contribution < 1.29 is 4.79 Å². The van der Waals surface area contributed by atoms with Gasteiger partial charge in [0.05, 0.1) is 5.69 Å². The molecule has 2 aromatic rings. The maximum Gasteiger partial charge on any atom is 0.269 e. The molecule has 2 heterocycles. The van der Waals surface area contributed by atoms with E-state index in [9.17, 15) is 4.79 Å². The lowest BCUT2D eigenvalue weighted by atomic mass is 10.2. The molecule has 0 radical (unpaired) electrons. The number of carbonyl (C=O) groups is 1. The molecule has 0 fully saturated rings. The third-order valence-electron chi connectivity index (χ3n) is 2.47. The van der Waals surface area contributed by atoms with E-state index in [1.54, 1.807) is 12.1 Å². The van der Waals surface area contributed by atoms with Crippen molar-refractivity contribution in [1.82, 2.24) is 9.97 Å². The number of nitrogens with zero attached hydrogens (tertiary/aromatic N) is 2. The van der Waals surface area contributed by atoms with Crippen LogP contribution < -0.4 is 11.1 Å². The lowest BCUT2D eigenvalue weighted by molar-refractivity contribution is 0.0996. The van der Waals surface area contributed by atoms with Crippen molar-refractivity contribution in [1.29, 1.82) is 0 Å². The molecule has 0 spiro atoms. The maximum absolute atomic E-state index is 11.2. The first-order valence-electron chi connectivity index (χ1n) is 5.68. The van der Waals surface area contributed by atoms with E-state index in [1.807, 2.05) is 25.1 Å². The Kier molecular flexibility index (Phi) is 3.52. The van der Waals surface area contributed by atoms with Gasteiger partial charge in [-0.25, -0.2) is 9.97 Å². The van der Waals surface area contributed by atoms with Gasteiger partial charge in [0.25, 0.3) is 5.91 Å². The van der Waals surface area contributed by atoms with E-state index >= 15 is 0 Å². The van der Waals surface area contributed by atoms with Crippen LogP contribution in [0.4, 0.5) is 11.5 Å². The first kappa shape index (κ1) is 12.0. The van der Waals surface area contributed by atoms with Crippen LogP contribution in [0.25, 0.3) is 0 Å². The summed E-state index contributed by atoms with van der Waals surface area (Å²) in [5.74, 6) is 0.106. The van der Waals surface area contributed by atoms with Crippen molar-refractivity contribution in [2.45, 2.75) is 13.3 Å². The molecule has 0 aliphatic rings. The molecule has 0 bridgehead atoms. The average molecular weight is 242 g/mol. The zero-order valence-corrected chi connectivity index (χ0v) is 10.1. The normalized spacial score (nSPS) is 10.1. The van der Waals surface area contributed by atoms with Gasteiger partial charge in [-0.3, -0.25) is 4.79 Å². The van der Waals surface area contributed by atoms with Gasteiger partial charge in [-0.1, -0.05) is 13.0 Å². The molecule has 0 saturated heterocycles. The van der Waals surface area contributed by atoms with E-state index in [-0.39, 0.29) is 5.69 Å². The minimum atomic E-state index is -0.565. The molecule has 1 amide bonds. The van der Waals surface area contributed by atoms with E-state index in [0.29, 0.717) is 11.5 Å². The van der Waals surface area contributed by atoms with Gasteiger partial charge in [0, 0.05) is 11.9 Å². The topological polar surface area (TPSA) is 80.9 Å². The monoisotopic (exact) mass is 242 g/mol. The largest absolute Gasteiger partial charge is 0.364 e. The lowest BCUT2D eigenvalue weighted by Gasteiger charge is -2.09. The first-order chi connectivity index (χ1) is 8.70. The van der Waals surface area contributed by atoms with Crippen LogP contribution >= 0.6 is 0 Å². The Morgan fingerprint density at radius 2 is 2.17 bits per heavy atom. The Balaban J connectivity index is 2.31. The van der Waals surface area contributed by atoms with Gasteiger partial charge < -0.3 is 11.1 Å². The SMILES string of the molecule is CCc1cccc(Nc2cccnc2C(N)=O)n1. The van der Waals surface area contributed by atoms with Crippen LogP contribution in [0, 0.1) is 0 Å². The summed E-state index contributed by atoms with van der Waals surface area (Å²) >= 11 is 0. The smallest absolute Gasteiger partial charge is 0.269 e. The molecule has 92 valence electrons. The van der Waals surface area contributed by atoms with E-state index in [2.05, 4.69) is 15.3 Å². The third-order valence-corrected chi connectivity index (χ3v) is 2.47. The standard InChI is InChI=1S/C13H14N4O/c1-2-9-5-3-7-11(16-9)17-10-6-4-8-15-12(10)13(14)18/h3-8H,2H2,1H3,(H2,14,18)(H,16,17). The molecule has 5 nitrogen and oxygen atoms in total. The second kappa shape index (κ2) is 5.27. The van der Waals surface area contributed by atoms with Gasteiger partial charge in [0.1, 0.15) is 5.82 Å². The molecule has 0 aliphatic heterocycles. The Hall–Kier alpha value is -2.43. The molecular weight excluding hydrogens is 228 g/mol. The van der Waals surface area contributed by atoms with Gasteiger partial charge in [0.15, 0.2) is 5.69 Å². The van der Waals surface area contributed by atoms with E-state index in [1.165, 1.54) is 6.20 Å². The quantitative estimate of drug-likeness (QED) is 0.857. The average Bonchev–Trinajstić information content (AvgIpc) is 2.39. The molecule has 0 aliphatic carbocycles. The molecule has 0 saturated carbocycles. The second-order valence-corrected chi connectivity index (χ2v) is 3.76. The summed E-state index contributed by atoms with van der Waals surface area (Å²) in [4.78, 5) is 19.6. The van der Waals surface area contributed by atoms with Crippen molar-refractivity contribution in [3.05, 3.63) is 47.9 Å². The highest BCUT2D eigenvalue weighted by molar-refractivity contribution is 5.96. The number of aryl methyl sites for hydroxylation is 1. The number of nitrogens with one attached hydrogen (secondary N) is 1. The number of amides is 1. The van der Waals surface area contributed by atoms with E-state index < -0.39 is 5.91 Å². The van der Waals surface area contributed by atoms with Crippen LogP contribution in [-0.2, 0) is 6.42 Å². The molecule has 5 heteroatoms. The highest BCUT2D eigenvalue weighted by atomic mass is 16.1. The zero-order valence-electron chi connectivity index (χ0n) is 10.1. The molecule has 3 N–H and O–H groups in total. The fourth-order valence-electron chi connectivity index (χ4n) is 1.59. The summed E-state index contributed by atoms with van der Waals surface area (Å²) in [5.41, 5.74) is 7.01. The van der Waals surface area contributed by atoms with E-state index in [4.69, 9.17) is 5.73 Å². The highest BCUT2D eigenvalue weighted by Gasteiger charge is 2.09. The van der Waals surface area contributed by atoms with Gasteiger partial charge in [-0.15, -0.1) is 0 Å².